The Morgan fingerprint density at radius 3 is 2.12 bits per heavy atom. The van der Waals surface area contributed by atoms with Crippen molar-refractivity contribution in [2.24, 2.45) is 0 Å². The second-order valence-corrected chi connectivity index (χ2v) is 6.36. The molecule has 0 fully saturated rings. The fraction of sp³-hybridized carbons (Fsp3) is 0.118. The molecule has 0 aliphatic rings. The van der Waals surface area contributed by atoms with Gasteiger partial charge in [0.15, 0.2) is 5.69 Å². The molecule has 4 nitrogen and oxygen atoms in total. The molecule has 3 rings (SSSR count). The number of halogens is 3. The van der Waals surface area contributed by atoms with Gasteiger partial charge in [-0.2, -0.15) is 18.3 Å². The van der Waals surface area contributed by atoms with Crippen molar-refractivity contribution in [1.82, 2.24) is 9.78 Å². The van der Waals surface area contributed by atoms with Crippen molar-refractivity contribution in [3.63, 3.8) is 0 Å². The van der Waals surface area contributed by atoms with Gasteiger partial charge >= 0.3 is 57.6 Å². The molecule has 0 amide bonds. The zero-order valence-corrected chi connectivity index (χ0v) is 17.9. The van der Waals surface area contributed by atoms with Crippen molar-refractivity contribution in [3.05, 3.63) is 65.9 Å². The predicted molar refractivity (Wildman–Crippen MR) is 85.9 cm³/mol. The Balaban J connectivity index is 0.00000243. The van der Waals surface area contributed by atoms with Gasteiger partial charge in [0, 0.05) is 10.5 Å². The van der Waals surface area contributed by atoms with E-state index in [1.165, 1.54) is 24.3 Å². The SMILES string of the molecule is Cc1ccc(-c2cc(C(F)(F)F)nn2-c2ccc(S(=O)[O-])cc2)cc1.[K+]. The number of alkyl halides is 3. The fourth-order valence-corrected chi connectivity index (χ4v) is 2.70. The van der Waals surface area contributed by atoms with E-state index < -0.39 is 23.0 Å². The second-order valence-electron chi connectivity index (χ2n) is 5.42. The summed E-state index contributed by atoms with van der Waals surface area (Å²) < 4.78 is 62.3. The number of aryl methyl sites for hydroxylation is 1. The summed E-state index contributed by atoms with van der Waals surface area (Å²) in [5.74, 6) is 0. The molecule has 3 aromatic rings. The zero-order chi connectivity index (χ0) is 18.2. The molecule has 130 valence electrons. The first kappa shape index (κ1) is 21.5. The standard InChI is InChI=1S/C17H13F3N2O2S.K/c1-11-2-4-12(5-3-11)15-10-16(17(18,19)20)21-22(15)13-6-8-14(9-7-13)25(23)24;/h2-10H,1H3,(H,23,24);/q;+1/p-1. The minimum atomic E-state index is -4.58. The normalized spacial score (nSPS) is 12.5. The first-order valence-electron chi connectivity index (χ1n) is 7.20. The van der Waals surface area contributed by atoms with Crippen LogP contribution in [0.15, 0.2) is 59.5 Å². The third-order valence-electron chi connectivity index (χ3n) is 3.62. The van der Waals surface area contributed by atoms with Crippen LogP contribution < -0.4 is 51.4 Å². The Bertz CT molecular complexity index is 923. The Kier molecular flexibility index (Phi) is 7.00. The van der Waals surface area contributed by atoms with Gasteiger partial charge in [-0.3, -0.25) is 4.21 Å². The molecule has 9 heteroatoms. The predicted octanol–water partition coefficient (Wildman–Crippen LogP) is 1.11. The molecule has 0 bridgehead atoms. The summed E-state index contributed by atoms with van der Waals surface area (Å²) in [6, 6.07) is 13.4. The topological polar surface area (TPSA) is 58.0 Å². The van der Waals surface area contributed by atoms with Crippen LogP contribution in [-0.2, 0) is 17.3 Å². The molecular formula is C17H12F3KN2O2S. The van der Waals surface area contributed by atoms with Gasteiger partial charge < -0.3 is 4.55 Å². The van der Waals surface area contributed by atoms with Gasteiger partial charge in [-0.15, -0.1) is 0 Å². The Morgan fingerprint density at radius 2 is 1.62 bits per heavy atom. The molecule has 0 aliphatic carbocycles. The summed E-state index contributed by atoms with van der Waals surface area (Å²) in [5.41, 5.74) is 1.14. The number of hydrogen-bond donors (Lipinski definition) is 0. The molecule has 1 unspecified atom stereocenters. The summed E-state index contributed by atoms with van der Waals surface area (Å²) in [6.07, 6.45) is -4.58. The minimum Gasteiger partial charge on any atom is -0.768 e. The van der Waals surface area contributed by atoms with Crippen molar-refractivity contribution in [2.75, 3.05) is 0 Å². The van der Waals surface area contributed by atoms with Crippen LogP contribution in [0.3, 0.4) is 0 Å². The van der Waals surface area contributed by atoms with Crippen LogP contribution in [0.1, 0.15) is 11.3 Å². The van der Waals surface area contributed by atoms with Crippen molar-refractivity contribution in [1.29, 1.82) is 0 Å². The molecule has 1 atom stereocenters. The fourth-order valence-electron chi connectivity index (χ4n) is 2.34. The van der Waals surface area contributed by atoms with Crippen molar-refractivity contribution in [2.45, 2.75) is 18.0 Å². The van der Waals surface area contributed by atoms with E-state index in [2.05, 4.69) is 5.10 Å². The molecule has 1 heterocycles. The first-order chi connectivity index (χ1) is 11.8. The largest absolute Gasteiger partial charge is 1.00 e. The van der Waals surface area contributed by atoms with Crippen molar-refractivity contribution < 1.29 is 73.3 Å². The average molecular weight is 404 g/mol. The van der Waals surface area contributed by atoms with Gasteiger partial charge in [-0.25, -0.2) is 4.68 Å². The molecular weight excluding hydrogens is 392 g/mol. The maximum atomic E-state index is 13.1. The Hall–Kier alpha value is -0.814. The van der Waals surface area contributed by atoms with Gasteiger partial charge in [0.05, 0.1) is 11.4 Å². The quantitative estimate of drug-likeness (QED) is 0.485. The molecule has 0 radical (unpaired) electrons. The maximum absolute atomic E-state index is 13.1. The van der Waals surface area contributed by atoms with Crippen LogP contribution in [0.25, 0.3) is 16.9 Å². The van der Waals surface area contributed by atoms with Gasteiger partial charge in [0.2, 0.25) is 0 Å². The summed E-state index contributed by atoms with van der Waals surface area (Å²) in [5, 5.41) is 3.66. The van der Waals surface area contributed by atoms with E-state index in [1.54, 1.807) is 24.3 Å². The summed E-state index contributed by atoms with van der Waals surface area (Å²) >= 11 is -2.41. The monoisotopic (exact) mass is 404 g/mol. The minimum absolute atomic E-state index is 0. The molecule has 0 aliphatic heterocycles. The van der Waals surface area contributed by atoms with E-state index in [4.69, 9.17) is 0 Å². The number of rotatable bonds is 3. The summed E-state index contributed by atoms with van der Waals surface area (Å²) in [7, 11) is 0. The van der Waals surface area contributed by atoms with Crippen LogP contribution >= 0.6 is 0 Å². The Morgan fingerprint density at radius 1 is 1.04 bits per heavy atom. The zero-order valence-electron chi connectivity index (χ0n) is 13.9. The van der Waals surface area contributed by atoms with E-state index in [1.807, 2.05) is 6.92 Å². The first-order valence-corrected chi connectivity index (χ1v) is 8.27. The summed E-state index contributed by atoms with van der Waals surface area (Å²) in [4.78, 5) is 0.0452. The van der Waals surface area contributed by atoms with Gasteiger partial charge in [-0.05, 0) is 48.3 Å². The molecule has 0 saturated carbocycles. The van der Waals surface area contributed by atoms with Crippen molar-refractivity contribution >= 4 is 11.1 Å². The van der Waals surface area contributed by atoms with E-state index in [0.717, 1.165) is 16.3 Å². The van der Waals surface area contributed by atoms with Gasteiger partial charge in [0.25, 0.3) is 0 Å². The number of benzene rings is 2. The smallest absolute Gasteiger partial charge is 0.768 e. The molecule has 0 N–H and O–H groups in total. The number of nitrogens with zero attached hydrogens (tertiary/aromatic N) is 2. The maximum Gasteiger partial charge on any atom is 1.00 e. The average Bonchev–Trinajstić information content (AvgIpc) is 3.01. The van der Waals surface area contributed by atoms with Crippen LogP contribution in [0, 0.1) is 6.92 Å². The molecule has 26 heavy (non-hydrogen) atoms. The van der Waals surface area contributed by atoms with E-state index in [0.29, 0.717) is 11.3 Å². The van der Waals surface area contributed by atoms with Gasteiger partial charge in [-0.1, -0.05) is 29.8 Å². The second kappa shape index (κ2) is 8.47. The third-order valence-corrected chi connectivity index (χ3v) is 4.28. The molecule has 0 saturated heterocycles. The van der Waals surface area contributed by atoms with Crippen LogP contribution in [-0.4, -0.2) is 18.5 Å². The Labute approximate surface area is 193 Å². The third kappa shape index (κ3) is 4.72. The van der Waals surface area contributed by atoms with Crippen LogP contribution in [0.5, 0.6) is 0 Å². The van der Waals surface area contributed by atoms with Crippen molar-refractivity contribution in [3.8, 4) is 16.9 Å². The van der Waals surface area contributed by atoms with Crippen LogP contribution in [0.4, 0.5) is 13.2 Å². The molecule has 1 aromatic heterocycles. The number of aromatic nitrogens is 2. The summed E-state index contributed by atoms with van der Waals surface area (Å²) in [6.45, 7) is 1.88. The van der Waals surface area contributed by atoms with E-state index in [9.17, 15) is 21.9 Å². The molecule has 2 aromatic carbocycles. The van der Waals surface area contributed by atoms with E-state index in [-0.39, 0.29) is 62.0 Å². The van der Waals surface area contributed by atoms with Crippen LogP contribution in [0.2, 0.25) is 0 Å². The van der Waals surface area contributed by atoms with Gasteiger partial charge in [0.1, 0.15) is 0 Å². The van der Waals surface area contributed by atoms with E-state index >= 15 is 0 Å². The molecule has 0 spiro atoms. The number of hydrogen-bond acceptors (Lipinski definition) is 3.